The first-order valence-corrected chi connectivity index (χ1v) is 5.32. The van der Waals surface area contributed by atoms with Crippen molar-refractivity contribution in [1.29, 1.82) is 0 Å². The molecule has 1 saturated carbocycles. The van der Waals surface area contributed by atoms with Crippen LogP contribution in [-0.2, 0) is 6.42 Å². The maximum absolute atomic E-state index is 5.79. The maximum atomic E-state index is 5.79. The minimum atomic E-state index is 0.284. The fourth-order valence-electron chi connectivity index (χ4n) is 1.20. The van der Waals surface area contributed by atoms with E-state index in [1.807, 2.05) is 0 Å². The van der Waals surface area contributed by atoms with E-state index < -0.39 is 0 Å². The number of halogens is 1. The molecule has 0 saturated heterocycles. The van der Waals surface area contributed by atoms with Crippen LogP contribution in [0.5, 0.6) is 0 Å². The summed E-state index contributed by atoms with van der Waals surface area (Å²) in [4.78, 5) is 12.4. The van der Waals surface area contributed by atoms with E-state index in [1.54, 1.807) is 0 Å². The molecule has 76 valence electrons. The molecule has 1 heterocycles. The minimum absolute atomic E-state index is 0.284. The van der Waals surface area contributed by atoms with Crippen molar-refractivity contribution in [2.45, 2.75) is 38.6 Å². The molecule has 0 amide bonds. The summed E-state index contributed by atoms with van der Waals surface area (Å²) in [7, 11) is 0. The summed E-state index contributed by atoms with van der Waals surface area (Å²) in [6, 6.07) is 0.544. The fraction of sp³-hybridized carbons (Fsp3) is 0.667. The van der Waals surface area contributed by atoms with Gasteiger partial charge in [-0.25, -0.2) is 4.98 Å². The van der Waals surface area contributed by atoms with Crippen molar-refractivity contribution < 1.29 is 0 Å². The molecule has 1 aromatic heterocycles. The molecule has 0 spiro atoms. The molecular weight excluding hydrogens is 200 g/mol. The lowest BCUT2D eigenvalue weighted by Gasteiger charge is -2.04. The Morgan fingerprint density at radius 2 is 2.14 bits per heavy atom. The molecule has 5 heteroatoms. The zero-order valence-corrected chi connectivity index (χ0v) is 8.88. The van der Waals surface area contributed by atoms with Crippen molar-refractivity contribution >= 4 is 17.5 Å². The van der Waals surface area contributed by atoms with Crippen LogP contribution in [0.25, 0.3) is 0 Å². The monoisotopic (exact) mass is 212 g/mol. The van der Waals surface area contributed by atoms with Crippen LogP contribution in [0.2, 0.25) is 5.28 Å². The number of hydrogen-bond acceptors (Lipinski definition) is 4. The SMILES string of the molecule is CCCc1nc(Cl)nc(NC2CC2)n1. The zero-order valence-electron chi connectivity index (χ0n) is 8.13. The number of nitrogens with one attached hydrogen (secondary N) is 1. The molecule has 0 bridgehead atoms. The molecule has 0 unspecified atom stereocenters. The van der Waals surface area contributed by atoms with Crippen molar-refractivity contribution in [1.82, 2.24) is 15.0 Å². The molecule has 1 aromatic rings. The summed E-state index contributed by atoms with van der Waals surface area (Å²) in [5.41, 5.74) is 0. The van der Waals surface area contributed by atoms with E-state index >= 15 is 0 Å². The minimum Gasteiger partial charge on any atom is -0.351 e. The molecule has 0 aliphatic heterocycles. The second-order valence-corrected chi connectivity index (χ2v) is 3.85. The van der Waals surface area contributed by atoms with Gasteiger partial charge in [-0.1, -0.05) is 6.92 Å². The summed E-state index contributed by atoms with van der Waals surface area (Å²) in [6.45, 7) is 2.09. The molecule has 4 nitrogen and oxygen atoms in total. The molecule has 0 aromatic carbocycles. The smallest absolute Gasteiger partial charge is 0.227 e. The number of anilines is 1. The summed E-state index contributed by atoms with van der Waals surface area (Å²) >= 11 is 5.79. The second kappa shape index (κ2) is 4.09. The van der Waals surface area contributed by atoms with E-state index in [0.29, 0.717) is 12.0 Å². The number of rotatable bonds is 4. The number of nitrogens with zero attached hydrogens (tertiary/aromatic N) is 3. The number of hydrogen-bond donors (Lipinski definition) is 1. The highest BCUT2D eigenvalue weighted by molar-refractivity contribution is 6.28. The van der Waals surface area contributed by atoms with Gasteiger partial charge in [-0.05, 0) is 30.9 Å². The first kappa shape index (κ1) is 9.65. The lowest BCUT2D eigenvalue weighted by molar-refractivity contribution is 0.815. The third-order valence-electron chi connectivity index (χ3n) is 2.04. The second-order valence-electron chi connectivity index (χ2n) is 3.51. The van der Waals surface area contributed by atoms with E-state index in [2.05, 4.69) is 27.2 Å². The molecule has 1 aliphatic carbocycles. The van der Waals surface area contributed by atoms with Gasteiger partial charge in [0.25, 0.3) is 0 Å². The maximum Gasteiger partial charge on any atom is 0.227 e. The zero-order chi connectivity index (χ0) is 9.97. The first-order chi connectivity index (χ1) is 6.78. The van der Waals surface area contributed by atoms with Crippen molar-refractivity contribution in [3.63, 3.8) is 0 Å². The number of aromatic nitrogens is 3. The Hall–Kier alpha value is -0.900. The Labute approximate surface area is 88.1 Å². The Morgan fingerprint density at radius 1 is 1.36 bits per heavy atom. The summed E-state index contributed by atoms with van der Waals surface area (Å²) in [5.74, 6) is 1.40. The Balaban J connectivity index is 2.12. The third-order valence-corrected chi connectivity index (χ3v) is 2.21. The largest absolute Gasteiger partial charge is 0.351 e. The normalized spacial score (nSPS) is 15.6. The molecule has 1 aliphatic rings. The molecule has 2 rings (SSSR count). The van der Waals surface area contributed by atoms with Crippen LogP contribution in [0.3, 0.4) is 0 Å². The van der Waals surface area contributed by atoms with Gasteiger partial charge in [0.2, 0.25) is 11.2 Å². The van der Waals surface area contributed by atoms with Crippen LogP contribution in [-0.4, -0.2) is 21.0 Å². The van der Waals surface area contributed by atoms with E-state index in [1.165, 1.54) is 12.8 Å². The summed E-state index contributed by atoms with van der Waals surface area (Å²) in [6.07, 6.45) is 4.27. The van der Waals surface area contributed by atoms with Crippen LogP contribution in [0.15, 0.2) is 0 Å². The Bertz CT molecular complexity index is 325. The van der Waals surface area contributed by atoms with Crippen LogP contribution < -0.4 is 5.32 Å². The van der Waals surface area contributed by atoms with E-state index in [0.717, 1.165) is 18.7 Å². The van der Waals surface area contributed by atoms with Crippen molar-refractivity contribution in [2.75, 3.05) is 5.32 Å². The van der Waals surface area contributed by atoms with Gasteiger partial charge in [-0.15, -0.1) is 0 Å². The predicted molar refractivity (Wildman–Crippen MR) is 55.5 cm³/mol. The van der Waals surface area contributed by atoms with Crippen LogP contribution >= 0.6 is 11.6 Å². The van der Waals surface area contributed by atoms with Crippen molar-refractivity contribution in [3.05, 3.63) is 11.1 Å². The van der Waals surface area contributed by atoms with Gasteiger partial charge in [-0.2, -0.15) is 9.97 Å². The quantitative estimate of drug-likeness (QED) is 0.830. The third kappa shape index (κ3) is 2.54. The molecule has 1 N–H and O–H groups in total. The number of aryl methyl sites for hydroxylation is 1. The molecule has 0 radical (unpaired) electrons. The van der Waals surface area contributed by atoms with E-state index in [-0.39, 0.29) is 5.28 Å². The average Bonchev–Trinajstić information content (AvgIpc) is 2.87. The predicted octanol–water partition coefficient (Wildman–Crippen LogP) is 2.05. The molecule has 0 atom stereocenters. The van der Waals surface area contributed by atoms with Gasteiger partial charge in [0.15, 0.2) is 0 Å². The van der Waals surface area contributed by atoms with Crippen molar-refractivity contribution in [3.8, 4) is 0 Å². The Morgan fingerprint density at radius 3 is 2.79 bits per heavy atom. The fourth-order valence-corrected chi connectivity index (χ4v) is 1.38. The van der Waals surface area contributed by atoms with Crippen LogP contribution in [0, 0.1) is 0 Å². The van der Waals surface area contributed by atoms with Crippen molar-refractivity contribution in [2.24, 2.45) is 0 Å². The van der Waals surface area contributed by atoms with Gasteiger partial charge in [0.05, 0.1) is 0 Å². The standard InChI is InChI=1S/C9H13ClN4/c1-2-3-7-12-8(10)14-9(13-7)11-6-4-5-6/h6H,2-5H2,1H3,(H,11,12,13,14). The molecule has 14 heavy (non-hydrogen) atoms. The average molecular weight is 213 g/mol. The lowest BCUT2D eigenvalue weighted by atomic mass is 10.3. The van der Waals surface area contributed by atoms with Crippen LogP contribution in [0.4, 0.5) is 5.95 Å². The van der Waals surface area contributed by atoms with Crippen LogP contribution in [0.1, 0.15) is 32.0 Å². The van der Waals surface area contributed by atoms with Gasteiger partial charge >= 0.3 is 0 Å². The topological polar surface area (TPSA) is 50.7 Å². The van der Waals surface area contributed by atoms with Gasteiger partial charge < -0.3 is 5.32 Å². The highest BCUT2D eigenvalue weighted by Gasteiger charge is 2.22. The summed E-state index contributed by atoms with van der Waals surface area (Å²) in [5, 5.41) is 3.49. The van der Waals surface area contributed by atoms with E-state index in [9.17, 15) is 0 Å². The van der Waals surface area contributed by atoms with Gasteiger partial charge in [0.1, 0.15) is 5.82 Å². The molecular formula is C9H13ClN4. The first-order valence-electron chi connectivity index (χ1n) is 4.95. The summed E-state index contributed by atoms with van der Waals surface area (Å²) < 4.78 is 0. The highest BCUT2D eigenvalue weighted by atomic mass is 35.5. The Kier molecular flexibility index (Phi) is 2.82. The molecule has 1 fully saturated rings. The van der Waals surface area contributed by atoms with Gasteiger partial charge in [0, 0.05) is 12.5 Å². The van der Waals surface area contributed by atoms with Gasteiger partial charge in [-0.3, -0.25) is 0 Å². The highest BCUT2D eigenvalue weighted by Crippen LogP contribution is 2.23. The van der Waals surface area contributed by atoms with E-state index in [4.69, 9.17) is 11.6 Å². The lowest BCUT2D eigenvalue weighted by Crippen LogP contribution is -2.08.